The Labute approximate surface area is 174 Å². The highest BCUT2D eigenvalue weighted by Crippen LogP contribution is 2.27. The number of carbonyl (C=O) groups is 1. The number of halogens is 1. The first-order valence-corrected chi connectivity index (χ1v) is 10.7. The number of carbonyl (C=O) groups excluding carboxylic acids is 1. The number of aromatic hydroxyl groups is 1. The molecule has 1 aliphatic rings. The van der Waals surface area contributed by atoms with E-state index in [2.05, 4.69) is 0 Å². The topological polar surface area (TPSA) is 87.2 Å². The van der Waals surface area contributed by atoms with Crippen LogP contribution in [0.5, 0.6) is 11.5 Å². The maximum absolute atomic E-state index is 12.8. The average molecular weight is 437 g/mol. The van der Waals surface area contributed by atoms with Crippen LogP contribution in [0.25, 0.3) is 6.08 Å². The summed E-state index contributed by atoms with van der Waals surface area (Å²) in [6.07, 6.45) is 3.04. The smallest absolute Gasteiger partial charge is 0.246 e. The van der Waals surface area contributed by atoms with Crippen LogP contribution < -0.4 is 4.74 Å². The Hall–Kier alpha value is -2.55. The Morgan fingerprint density at radius 1 is 1.14 bits per heavy atom. The van der Waals surface area contributed by atoms with E-state index in [4.69, 9.17) is 16.3 Å². The van der Waals surface area contributed by atoms with Gasteiger partial charge >= 0.3 is 0 Å². The average Bonchev–Trinajstić information content (AvgIpc) is 2.73. The number of benzene rings is 2. The molecule has 0 bridgehead atoms. The molecule has 0 unspecified atom stereocenters. The number of amides is 1. The van der Waals surface area contributed by atoms with Crippen LogP contribution in [0.2, 0.25) is 5.02 Å². The molecule has 2 aromatic carbocycles. The lowest BCUT2D eigenvalue weighted by Crippen LogP contribution is -2.50. The zero-order chi connectivity index (χ0) is 21.0. The number of methoxy groups -OCH3 is 1. The van der Waals surface area contributed by atoms with Crippen LogP contribution in [0, 0.1) is 0 Å². The summed E-state index contributed by atoms with van der Waals surface area (Å²) in [4.78, 5) is 14.1. The van der Waals surface area contributed by atoms with Crippen molar-refractivity contribution in [2.45, 2.75) is 4.90 Å². The fourth-order valence-electron chi connectivity index (χ4n) is 3.01. The molecule has 2 aromatic rings. The highest BCUT2D eigenvalue weighted by Gasteiger charge is 2.30. The molecule has 1 N–H and O–H groups in total. The fraction of sp³-hybridized carbons (Fsp3) is 0.250. The first-order valence-electron chi connectivity index (χ1n) is 8.91. The number of rotatable bonds is 5. The molecule has 1 amide bonds. The van der Waals surface area contributed by atoms with Crippen LogP contribution in [-0.4, -0.2) is 61.9 Å². The molecular formula is C20H21ClN2O5S. The van der Waals surface area contributed by atoms with E-state index in [-0.39, 0.29) is 47.8 Å². The van der Waals surface area contributed by atoms with Gasteiger partial charge in [0, 0.05) is 32.3 Å². The summed E-state index contributed by atoms with van der Waals surface area (Å²) in [5, 5.41) is 9.80. The first kappa shape index (κ1) is 21.2. The minimum Gasteiger partial charge on any atom is -0.504 e. The van der Waals surface area contributed by atoms with Crippen molar-refractivity contribution in [2.75, 3.05) is 33.3 Å². The summed E-state index contributed by atoms with van der Waals surface area (Å²) >= 11 is 6.03. The van der Waals surface area contributed by atoms with Crippen molar-refractivity contribution in [3.63, 3.8) is 0 Å². The molecule has 1 fully saturated rings. The first-order chi connectivity index (χ1) is 13.8. The highest BCUT2D eigenvalue weighted by atomic mass is 35.5. The Morgan fingerprint density at radius 2 is 1.83 bits per heavy atom. The van der Waals surface area contributed by atoms with Crippen LogP contribution in [0.1, 0.15) is 5.56 Å². The van der Waals surface area contributed by atoms with Crippen molar-refractivity contribution >= 4 is 33.6 Å². The van der Waals surface area contributed by atoms with Gasteiger partial charge in [-0.1, -0.05) is 29.8 Å². The molecule has 1 heterocycles. The summed E-state index contributed by atoms with van der Waals surface area (Å²) < 4.78 is 31.9. The number of hydrogen-bond donors (Lipinski definition) is 1. The number of ether oxygens (including phenoxy) is 1. The second kappa shape index (κ2) is 8.86. The summed E-state index contributed by atoms with van der Waals surface area (Å²) in [6, 6.07) is 11.1. The molecule has 0 aliphatic carbocycles. The molecule has 0 saturated carbocycles. The van der Waals surface area contributed by atoms with Gasteiger partial charge in [-0.05, 0) is 35.9 Å². The Bertz CT molecular complexity index is 1030. The van der Waals surface area contributed by atoms with E-state index in [1.165, 1.54) is 35.7 Å². The van der Waals surface area contributed by atoms with Crippen molar-refractivity contribution in [2.24, 2.45) is 0 Å². The van der Waals surface area contributed by atoms with E-state index in [0.29, 0.717) is 11.3 Å². The normalized spacial score (nSPS) is 15.6. The van der Waals surface area contributed by atoms with Gasteiger partial charge in [0.25, 0.3) is 0 Å². The quantitative estimate of drug-likeness (QED) is 0.728. The van der Waals surface area contributed by atoms with Gasteiger partial charge in [0.1, 0.15) is 4.90 Å². The van der Waals surface area contributed by atoms with Gasteiger partial charge in [0.2, 0.25) is 15.9 Å². The maximum atomic E-state index is 12.8. The number of phenols is 1. The molecule has 0 spiro atoms. The van der Waals surface area contributed by atoms with Gasteiger partial charge in [-0.25, -0.2) is 8.42 Å². The maximum Gasteiger partial charge on any atom is 0.246 e. The van der Waals surface area contributed by atoms with Crippen LogP contribution in [-0.2, 0) is 14.8 Å². The molecule has 7 nitrogen and oxygen atoms in total. The van der Waals surface area contributed by atoms with Gasteiger partial charge in [0.15, 0.2) is 11.5 Å². The predicted molar refractivity (Wildman–Crippen MR) is 110 cm³/mol. The summed E-state index contributed by atoms with van der Waals surface area (Å²) in [5.41, 5.74) is 0.702. The third-order valence-electron chi connectivity index (χ3n) is 4.63. The van der Waals surface area contributed by atoms with Gasteiger partial charge in [-0.2, -0.15) is 4.31 Å². The predicted octanol–water partition coefficient (Wildman–Crippen LogP) is 2.60. The molecule has 0 radical (unpaired) electrons. The van der Waals surface area contributed by atoms with E-state index in [9.17, 15) is 18.3 Å². The van der Waals surface area contributed by atoms with Gasteiger partial charge in [0.05, 0.1) is 12.1 Å². The van der Waals surface area contributed by atoms with Gasteiger partial charge in [-0.15, -0.1) is 0 Å². The molecule has 154 valence electrons. The zero-order valence-corrected chi connectivity index (χ0v) is 17.4. The summed E-state index contributed by atoms with van der Waals surface area (Å²) in [6.45, 7) is 0.956. The molecule has 3 rings (SSSR count). The second-order valence-electron chi connectivity index (χ2n) is 6.42. The van der Waals surface area contributed by atoms with E-state index < -0.39 is 10.0 Å². The Kier molecular flexibility index (Phi) is 6.46. The number of sulfonamides is 1. The largest absolute Gasteiger partial charge is 0.504 e. The molecule has 29 heavy (non-hydrogen) atoms. The molecule has 9 heteroatoms. The number of hydrogen-bond acceptors (Lipinski definition) is 5. The van der Waals surface area contributed by atoms with Crippen molar-refractivity contribution < 1.29 is 23.1 Å². The molecular weight excluding hydrogens is 416 g/mol. The molecule has 1 saturated heterocycles. The summed E-state index contributed by atoms with van der Waals surface area (Å²) in [7, 11) is -2.25. The van der Waals surface area contributed by atoms with Crippen molar-refractivity contribution in [1.29, 1.82) is 0 Å². The SMILES string of the molecule is COc1cc(/C=C/C(=O)N2CCN(S(=O)(=O)c3ccccc3Cl)CC2)ccc1O. The third-order valence-corrected chi connectivity index (χ3v) is 7.03. The minimum atomic E-state index is -3.70. The fourth-order valence-corrected chi connectivity index (χ4v) is 4.93. The second-order valence-corrected chi connectivity index (χ2v) is 8.74. The summed E-state index contributed by atoms with van der Waals surface area (Å²) in [5.74, 6) is 0.122. The standard InChI is InChI=1S/C20H21ClN2O5S/c1-28-18-14-15(6-8-17(18)24)7-9-20(25)22-10-12-23(13-11-22)29(26,27)19-5-3-2-4-16(19)21/h2-9,14,24H,10-13H2,1H3/b9-7+. The Morgan fingerprint density at radius 3 is 2.48 bits per heavy atom. The monoisotopic (exact) mass is 436 g/mol. The van der Waals surface area contributed by atoms with Crippen LogP contribution >= 0.6 is 11.6 Å². The van der Waals surface area contributed by atoms with E-state index in [1.807, 2.05) is 0 Å². The number of piperazine rings is 1. The third kappa shape index (κ3) is 4.72. The van der Waals surface area contributed by atoms with Crippen molar-refractivity contribution in [3.8, 4) is 11.5 Å². The lowest BCUT2D eigenvalue weighted by atomic mass is 10.2. The minimum absolute atomic E-state index is 0.0202. The molecule has 0 atom stereocenters. The number of nitrogens with zero attached hydrogens (tertiary/aromatic N) is 2. The van der Waals surface area contributed by atoms with Crippen molar-refractivity contribution in [1.82, 2.24) is 9.21 Å². The Balaban J connectivity index is 1.63. The van der Waals surface area contributed by atoms with E-state index >= 15 is 0 Å². The van der Waals surface area contributed by atoms with Crippen LogP contribution in [0.15, 0.2) is 53.4 Å². The van der Waals surface area contributed by atoms with E-state index in [0.717, 1.165) is 0 Å². The van der Waals surface area contributed by atoms with Gasteiger partial charge < -0.3 is 14.7 Å². The zero-order valence-electron chi connectivity index (χ0n) is 15.8. The highest BCUT2D eigenvalue weighted by molar-refractivity contribution is 7.89. The molecule has 0 aromatic heterocycles. The lowest BCUT2D eigenvalue weighted by Gasteiger charge is -2.33. The van der Waals surface area contributed by atoms with Crippen molar-refractivity contribution in [3.05, 3.63) is 59.1 Å². The van der Waals surface area contributed by atoms with Crippen LogP contribution in [0.3, 0.4) is 0 Å². The van der Waals surface area contributed by atoms with E-state index in [1.54, 1.807) is 35.2 Å². The number of phenolic OH excluding ortho intramolecular Hbond substituents is 1. The lowest BCUT2D eigenvalue weighted by molar-refractivity contribution is -0.127. The molecule has 1 aliphatic heterocycles. The van der Waals surface area contributed by atoms with Gasteiger partial charge in [-0.3, -0.25) is 4.79 Å². The van der Waals surface area contributed by atoms with Crippen LogP contribution in [0.4, 0.5) is 0 Å².